The molecule has 74 valence electrons. The topological polar surface area (TPSA) is 39.2 Å². The predicted octanol–water partition coefficient (Wildman–Crippen LogP) is 2.98. The van der Waals surface area contributed by atoms with Gasteiger partial charge in [0.25, 0.3) is 0 Å². The lowest BCUT2D eigenvalue weighted by Gasteiger charge is -2.01. The van der Waals surface area contributed by atoms with Gasteiger partial charge < -0.3 is 10.2 Å². The standard InChI is InChI=1S/C11H12ClNO/c12-10-6-8(2-1-4-13)11-9(7-10)3-5-14-11/h3,5-7H,1-2,4,13H2. The van der Waals surface area contributed by atoms with Gasteiger partial charge >= 0.3 is 0 Å². The first-order valence-corrected chi connectivity index (χ1v) is 5.05. The molecule has 14 heavy (non-hydrogen) atoms. The zero-order valence-electron chi connectivity index (χ0n) is 7.79. The van der Waals surface area contributed by atoms with Crippen LogP contribution >= 0.6 is 11.6 Å². The van der Waals surface area contributed by atoms with Crippen molar-refractivity contribution in [2.75, 3.05) is 6.54 Å². The third-order valence-electron chi connectivity index (χ3n) is 2.24. The van der Waals surface area contributed by atoms with Gasteiger partial charge in [0.1, 0.15) is 5.58 Å². The van der Waals surface area contributed by atoms with Crippen LogP contribution in [0.5, 0.6) is 0 Å². The Hall–Kier alpha value is -0.990. The van der Waals surface area contributed by atoms with Gasteiger partial charge in [-0.25, -0.2) is 0 Å². The van der Waals surface area contributed by atoms with Crippen LogP contribution in [0.1, 0.15) is 12.0 Å². The summed E-state index contributed by atoms with van der Waals surface area (Å²) >= 11 is 5.99. The first kappa shape index (κ1) is 9.56. The highest BCUT2D eigenvalue weighted by Crippen LogP contribution is 2.25. The molecule has 0 amide bonds. The van der Waals surface area contributed by atoms with E-state index in [4.69, 9.17) is 21.8 Å². The Balaban J connectivity index is 2.44. The van der Waals surface area contributed by atoms with E-state index < -0.39 is 0 Å². The number of hydrogen-bond donors (Lipinski definition) is 1. The molecule has 0 atom stereocenters. The van der Waals surface area contributed by atoms with Crippen LogP contribution in [0.2, 0.25) is 5.02 Å². The first-order valence-electron chi connectivity index (χ1n) is 4.67. The average Bonchev–Trinajstić information content (AvgIpc) is 2.61. The summed E-state index contributed by atoms with van der Waals surface area (Å²) in [5.74, 6) is 0. The molecule has 0 saturated heterocycles. The summed E-state index contributed by atoms with van der Waals surface area (Å²) in [6, 6.07) is 5.78. The van der Waals surface area contributed by atoms with Crippen LogP contribution < -0.4 is 5.73 Å². The van der Waals surface area contributed by atoms with Crippen LogP contribution in [0, 0.1) is 0 Å². The molecule has 3 heteroatoms. The number of aryl methyl sites for hydroxylation is 1. The van der Waals surface area contributed by atoms with Gasteiger partial charge in [-0.05, 0) is 43.1 Å². The average molecular weight is 210 g/mol. The van der Waals surface area contributed by atoms with Gasteiger partial charge in [0.05, 0.1) is 6.26 Å². The minimum Gasteiger partial charge on any atom is -0.464 e. The smallest absolute Gasteiger partial charge is 0.137 e. The molecule has 0 spiro atoms. The number of rotatable bonds is 3. The summed E-state index contributed by atoms with van der Waals surface area (Å²) in [4.78, 5) is 0. The molecule has 2 N–H and O–H groups in total. The van der Waals surface area contributed by atoms with Crippen LogP contribution in [0.4, 0.5) is 0 Å². The van der Waals surface area contributed by atoms with Gasteiger partial charge in [0.2, 0.25) is 0 Å². The summed E-state index contributed by atoms with van der Waals surface area (Å²) in [6.07, 6.45) is 3.56. The second-order valence-corrected chi connectivity index (χ2v) is 3.73. The maximum absolute atomic E-state index is 5.99. The molecule has 0 unspecified atom stereocenters. The minimum absolute atomic E-state index is 0.689. The van der Waals surface area contributed by atoms with E-state index in [0.717, 1.165) is 34.4 Å². The first-order chi connectivity index (χ1) is 6.81. The van der Waals surface area contributed by atoms with Crippen LogP contribution in [-0.2, 0) is 6.42 Å². The largest absolute Gasteiger partial charge is 0.464 e. The Kier molecular flexibility index (Phi) is 2.75. The SMILES string of the molecule is NCCCc1cc(Cl)cc2ccoc12. The number of benzene rings is 1. The summed E-state index contributed by atoms with van der Waals surface area (Å²) in [6.45, 7) is 0.689. The summed E-state index contributed by atoms with van der Waals surface area (Å²) in [5.41, 5.74) is 7.55. The molecule has 2 nitrogen and oxygen atoms in total. The van der Waals surface area contributed by atoms with E-state index in [0.29, 0.717) is 6.54 Å². The second-order valence-electron chi connectivity index (χ2n) is 3.30. The van der Waals surface area contributed by atoms with Crippen molar-refractivity contribution in [1.29, 1.82) is 0 Å². The molecular formula is C11H12ClNO. The Labute approximate surface area is 87.6 Å². The van der Waals surface area contributed by atoms with Gasteiger partial charge in [-0.1, -0.05) is 11.6 Å². The van der Waals surface area contributed by atoms with Gasteiger partial charge in [0, 0.05) is 10.4 Å². The van der Waals surface area contributed by atoms with Crippen molar-refractivity contribution < 1.29 is 4.42 Å². The van der Waals surface area contributed by atoms with Crippen molar-refractivity contribution >= 4 is 22.6 Å². The molecule has 0 fully saturated rings. The zero-order chi connectivity index (χ0) is 9.97. The molecule has 1 heterocycles. The number of halogens is 1. The molecule has 0 radical (unpaired) electrons. The molecule has 1 aromatic heterocycles. The van der Waals surface area contributed by atoms with E-state index >= 15 is 0 Å². The van der Waals surface area contributed by atoms with Crippen molar-refractivity contribution in [2.24, 2.45) is 5.73 Å². The molecule has 0 aliphatic rings. The Morgan fingerprint density at radius 2 is 2.21 bits per heavy atom. The summed E-state index contributed by atoms with van der Waals surface area (Å²) in [7, 11) is 0. The number of hydrogen-bond acceptors (Lipinski definition) is 2. The number of nitrogens with two attached hydrogens (primary N) is 1. The van der Waals surface area contributed by atoms with E-state index in [1.54, 1.807) is 6.26 Å². The van der Waals surface area contributed by atoms with Crippen LogP contribution in [0.15, 0.2) is 28.9 Å². The lowest BCUT2D eigenvalue weighted by atomic mass is 10.1. The monoisotopic (exact) mass is 209 g/mol. The van der Waals surface area contributed by atoms with Gasteiger partial charge in [-0.15, -0.1) is 0 Å². The molecule has 2 aromatic rings. The van der Waals surface area contributed by atoms with E-state index in [1.165, 1.54) is 0 Å². The van der Waals surface area contributed by atoms with E-state index in [1.807, 2.05) is 18.2 Å². The summed E-state index contributed by atoms with van der Waals surface area (Å²) < 4.78 is 5.40. The third kappa shape index (κ3) is 1.76. The molecule has 0 aliphatic heterocycles. The van der Waals surface area contributed by atoms with Crippen molar-refractivity contribution in [3.8, 4) is 0 Å². The van der Waals surface area contributed by atoms with Crippen molar-refractivity contribution in [3.63, 3.8) is 0 Å². The third-order valence-corrected chi connectivity index (χ3v) is 2.46. The van der Waals surface area contributed by atoms with Gasteiger partial charge in [0.15, 0.2) is 0 Å². The highest BCUT2D eigenvalue weighted by molar-refractivity contribution is 6.31. The van der Waals surface area contributed by atoms with Gasteiger partial charge in [-0.2, -0.15) is 0 Å². The summed E-state index contributed by atoms with van der Waals surface area (Å²) in [5, 5.41) is 1.82. The normalized spacial score (nSPS) is 11.0. The molecule has 2 rings (SSSR count). The lowest BCUT2D eigenvalue weighted by Crippen LogP contribution is -2.00. The maximum atomic E-state index is 5.99. The number of fused-ring (bicyclic) bond motifs is 1. The fourth-order valence-electron chi connectivity index (χ4n) is 1.59. The molecule has 0 bridgehead atoms. The second kappa shape index (κ2) is 4.03. The Bertz CT molecular complexity index is 436. The Morgan fingerprint density at radius 1 is 1.36 bits per heavy atom. The van der Waals surface area contributed by atoms with Crippen molar-refractivity contribution in [3.05, 3.63) is 35.0 Å². The van der Waals surface area contributed by atoms with E-state index in [9.17, 15) is 0 Å². The number of furan rings is 1. The highest BCUT2D eigenvalue weighted by atomic mass is 35.5. The molecule has 0 aliphatic carbocycles. The highest BCUT2D eigenvalue weighted by Gasteiger charge is 2.05. The molecule has 0 saturated carbocycles. The van der Waals surface area contributed by atoms with Gasteiger partial charge in [-0.3, -0.25) is 0 Å². The van der Waals surface area contributed by atoms with E-state index in [-0.39, 0.29) is 0 Å². The molecular weight excluding hydrogens is 198 g/mol. The predicted molar refractivity (Wildman–Crippen MR) is 58.6 cm³/mol. The van der Waals surface area contributed by atoms with Crippen LogP contribution in [0.3, 0.4) is 0 Å². The Morgan fingerprint density at radius 3 is 3.00 bits per heavy atom. The van der Waals surface area contributed by atoms with Crippen LogP contribution in [-0.4, -0.2) is 6.54 Å². The minimum atomic E-state index is 0.689. The maximum Gasteiger partial charge on any atom is 0.137 e. The van der Waals surface area contributed by atoms with Crippen molar-refractivity contribution in [2.45, 2.75) is 12.8 Å². The van der Waals surface area contributed by atoms with Crippen LogP contribution in [0.25, 0.3) is 11.0 Å². The zero-order valence-corrected chi connectivity index (χ0v) is 8.55. The fourth-order valence-corrected chi connectivity index (χ4v) is 1.84. The van der Waals surface area contributed by atoms with E-state index in [2.05, 4.69) is 0 Å². The fraction of sp³-hybridized carbons (Fsp3) is 0.273. The quantitative estimate of drug-likeness (QED) is 0.844. The van der Waals surface area contributed by atoms with Crippen molar-refractivity contribution in [1.82, 2.24) is 0 Å². The molecule has 1 aromatic carbocycles. The lowest BCUT2D eigenvalue weighted by molar-refractivity contribution is 0.609.